The second-order valence-electron chi connectivity index (χ2n) is 3.80. The topological polar surface area (TPSA) is 99.8 Å². The minimum Gasteiger partial charge on any atom is -0.350 e. The Balaban J connectivity index is 1.72. The predicted octanol–water partition coefficient (Wildman–Crippen LogP) is -0.149. The van der Waals surface area contributed by atoms with Crippen LogP contribution >= 0.6 is 0 Å². The van der Waals surface area contributed by atoms with Crippen molar-refractivity contribution in [2.45, 2.75) is 6.54 Å². The molecule has 7 nitrogen and oxygen atoms in total. The Morgan fingerprint density at radius 2 is 1.95 bits per heavy atom. The molecule has 0 saturated heterocycles. The minimum atomic E-state index is -0.441. The fourth-order valence-electron chi connectivity index (χ4n) is 1.42. The number of H-pyrrole nitrogens is 1. The molecule has 0 aliphatic rings. The van der Waals surface area contributed by atoms with Gasteiger partial charge in [-0.1, -0.05) is 30.3 Å². The highest BCUT2D eigenvalue weighted by molar-refractivity contribution is 5.94. The van der Waals surface area contributed by atoms with Crippen LogP contribution < -0.4 is 10.6 Å². The molecule has 98 valence electrons. The van der Waals surface area contributed by atoms with Gasteiger partial charge < -0.3 is 10.6 Å². The van der Waals surface area contributed by atoms with Crippen LogP contribution in [-0.4, -0.2) is 33.8 Å². The number of hydrogen-bond acceptors (Lipinski definition) is 4. The summed E-state index contributed by atoms with van der Waals surface area (Å²) >= 11 is 0. The summed E-state index contributed by atoms with van der Waals surface area (Å²) in [4.78, 5) is 23.0. The molecule has 0 aliphatic heterocycles. The van der Waals surface area contributed by atoms with Crippen LogP contribution in [0.1, 0.15) is 16.1 Å². The average molecular weight is 259 g/mol. The maximum absolute atomic E-state index is 11.5. The molecule has 2 rings (SSSR count). The lowest BCUT2D eigenvalue weighted by molar-refractivity contribution is -0.120. The van der Waals surface area contributed by atoms with Gasteiger partial charge in [0.15, 0.2) is 5.69 Å². The molecule has 1 heterocycles. The Morgan fingerprint density at radius 1 is 1.16 bits per heavy atom. The minimum absolute atomic E-state index is 0.0987. The maximum atomic E-state index is 11.5. The molecule has 0 fully saturated rings. The fourth-order valence-corrected chi connectivity index (χ4v) is 1.42. The van der Waals surface area contributed by atoms with E-state index in [0.29, 0.717) is 6.54 Å². The van der Waals surface area contributed by atoms with E-state index in [0.717, 1.165) is 5.56 Å². The number of rotatable bonds is 5. The molecule has 2 aromatic rings. The standard InChI is InChI=1S/C12H13N5O2/c18-11(13-6-9-4-2-1-3-5-9)8-14-12(19)10-7-15-17-16-10/h1-5,7H,6,8H2,(H,13,18)(H,14,19)(H,15,16,17). The highest BCUT2D eigenvalue weighted by atomic mass is 16.2. The van der Waals surface area contributed by atoms with Gasteiger partial charge in [-0.2, -0.15) is 15.4 Å². The average Bonchev–Trinajstić information content (AvgIpc) is 2.98. The summed E-state index contributed by atoms with van der Waals surface area (Å²) < 4.78 is 0. The molecule has 0 spiro atoms. The number of nitrogens with one attached hydrogen (secondary N) is 3. The van der Waals surface area contributed by atoms with E-state index >= 15 is 0 Å². The Bertz CT molecular complexity index is 539. The molecule has 0 atom stereocenters. The van der Waals surface area contributed by atoms with Crippen LogP contribution in [0.25, 0.3) is 0 Å². The van der Waals surface area contributed by atoms with Crippen molar-refractivity contribution in [3.63, 3.8) is 0 Å². The SMILES string of the molecule is O=C(CNC(=O)c1cn[nH]n1)NCc1ccccc1. The van der Waals surface area contributed by atoms with Crippen molar-refractivity contribution in [2.75, 3.05) is 6.54 Å². The predicted molar refractivity (Wildman–Crippen MR) is 67.0 cm³/mol. The van der Waals surface area contributed by atoms with E-state index in [1.165, 1.54) is 6.20 Å². The Labute approximate surface area is 109 Å². The van der Waals surface area contributed by atoms with Gasteiger partial charge in [0.1, 0.15) is 0 Å². The number of nitrogens with zero attached hydrogens (tertiary/aromatic N) is 2. The van der Waals surface area contributed by atoms with Gasteiger partial charge in [-0.15, -0.1) is 0 Å². The summed E-state index contributed by atoms with van der Waals surface area (Å²) in [6, 6.07) is 9.52. The van der Waals surface area contributed by atoms with E-state index in [-0.39, 0.29) is 18.1 Å². The van der Waals surface area contributed by atoms with Crippen molar-refractivity contribution in [1.82, 2.24) is 26.0 Å². The largest absolute Gasteiger partial charge is 0.350 e. The van der Waals surface area contributed by atoms with E-state index in [9.17, 15) is 9.59 Å². The second-order valence-corrected chi connectivity index (χ2v) is 3.80. The quantitative estimate of drug-likeness (QED) is 0.695. The molecular formula is C12H13N5O2. The lowest BCUT2D eigenvalue weighted by Crippen LogP contribution is -2.36. The molecular weight excluding hydrogens is 246 g/mol. The molecule has 19 heavy (non-hydrogen) atoms. The van der Waals surface area contributed by atoms with Crippen LogP contribution in [0.2, 0.25) is 0 Å². The van der Waals surface area contributed by atoms with Crippen molar-refractivity contribution < 1.29 is 9.59 Å². The number of hydrogen-bond donors (Lipinski definition) is 3. The van der Waals surface area contributed by atoms with Crippen molar-refractivity contribution in [2.24, 2.45) is 0 Å². The fraction of sp³-hybridized carbons (Fsp3) is 0.167. The lowest BCUT2D eigenvalue weighted by atomic mass is 10.2. The Kier molecular flexibility index (Phi) is 4.22. The van der Waals surface area contributed by atoms with Crippen molar-refractivity contribution >= 4 is 11.8 Å². The van der Waals surface area contributed by atoms with Crippen LogP contribution in [0.4, 0.5) is 0 Å². The van der Waals surface area contributed by atoms with Gasteiger partial charge in [0, 0.05) is 6.54 Å². The molecule has 1 aromatic carbocycles. The van der Waals surface area contributed by atoms with Crippen molar-refractivity contribution in [3.8, 4) is 0 Å². The third kappa shape index (κ3) is 3.91. The summed E-state index contributed by atoms with van der Waals surface area (Å²) in [6.45, 7) is 0.331. The van der Waals surface area contributed by atoms with E-state index in [1.54, 1.807) is 0 Å². The number of aromatic nitrogens is 3. The van der Waals surface area contributed by atoms with Crippen LogP contribution in [0, 0.1) is 0 Å². The van der Waals surface area contributed by atoms with Gasteiger partial charge in [0.2, 0.25) is 5.91 Å². The molecule has 0 bridgehead atoms. The highest BCUT2D eigenvalue weighted by Gasteiger charge is 2.09. The first-order valence-electron chi connectivity index (χ1n) is 5.70. The first-order chi connectivity index (χ1) is 9.25. The summed E-state index contributed by atoms with van der Waals surface area (Å²) in [5.41, 5.74) is 1.15. The summed E-state index contributed by atoms with van der Waals surface area (Å²) in [6.07, 6.45) is 1.29. The van der Waals surface area contributed by atoms with Gasteiger partial charge in [-0.05, 0) is 5.56 Å². The third-order valence-corrected chi connectivity index (χ3v) is 2.39. The van der Waals surface area contributed by atoms with Crippen LogP contribution in [-0.2, 0) is 11.3 Å². The lowest BCUT2D eigenvalue weighted by Gasteiger charge is -2.05. The normalized spacial score (nSPS) is 9.89. The summed E-state index contributed by atoms with van der Waals surface area (Å²) in [5.74, 6) is -0.704. The van der Waals surface area contributed by atoms with Gasteiger partial charge in [0.25, 0.3) is 5.91 Å². The monoisotopic (exact) mass is 259 g/mol. The third-order valence-electron chi connectivity index (χ3n) is 2.39. The van der Waals surface area contributed by atoms with E-state index < -0.39 is 5.91 Å². The Hall–Kier alpha value is -2.70. The van der Waals surface area contributed by atoms with E-state index in [2.05, 4.69) is 26.0 Å². The van der Waals surface area contributed by atoms with Crippen molar-refractivity contribution in [3.05, 3.63) is 47.8 Å². The number of carbonyl (C=O) groups excluding carboxylic acids is 2. The van der Waals surface area contributed by atoms with E-state index in [4.69, 9.17) is 0 Å². The van der Waals surface area contributed by atoms with E-state index in [1.807, 2.05) is 30.3 Å². The maximum Gasteiger partial charge on any atom is 0.273 e. The molecule has 0 radical (unpaired) electrons. The van der Waals surface area contributed by atoms with Crippen LogP contribution in [0.5, 0.6) is 0 Å². The van der Waals surface area contributed by atoms with Gasteiger partial charge in [-0.3, -0.25) is 9.59 Å². The molecule has 0 unspecified atom stereocenters. The first kappa shape index (κ1) is 12.7. The van der Waals surface area contributed by atoms with Gasteiger partial charge >= 0.3 is 0 Å². The summed E-state index contributed by atoms with van der Waals surface area (Å²) in [5, 5.41) is 14.6. The van der Waals surface area contributed by atoms with Gasteiger partial charge in [0.05, 0.1) is 12.7 Å². The zero-order valence-electron chi connectivity index (χ0n) is 10.1. The second kappa shape index (κ2) is 6.29. The molecule has 1 aromatic heterocycles. The first-order valence-corrected chi connectivity index (χ1v) is 5.70. The number of benzene rings is 1. The van der Waals surface area contributed by atoms with Crippen LogP contribution in [0.3, 0.4) is 0 Å². The molecule has 7 heteroatoms. The molecule has 2 amide bonds. The smallest absolute Gasteiger partial charge is 0.273 e. The van der Waals surface area contributed by atoms with Crippen molar-refractivity contribution in [1.29, 1.82) is 0 Å². The summed E-state index contributed by atoms with van der Waals surface area (Å²) in [7, 11) is 0. The highest BCUT2D eigenvalue weighted by Crippen LogP contribution is 1.96. The zero-order valence-corrected chi connectivity index (χ0v) is 10.1. The van der Waals surface area contributed by atoms with Crippen LogP contribution in [0.15, 0.2) is 36.5 Å². The number of aromatic amines is 1. The molecule has 3 N–H and O–H groups in total. The zero-order chi connectivity index (χ0) is 13.5. The van der Waals surface area contributed by atoms with Gasteiger partial charge in [-0.25, -0.2) is 0 Å². The Morgan fingerprint density at radius 3 is 2.63 bits per heavy atom. The molecule has 0 aliphatic carbocycles. The molecule has 0 saturated carbocycles. The number of amides is 2. The number of carbonyl (C=O) groups is 2.